The Morgan fingerprint density at radius 2 is 1.68 bits per heavy atom. The molecule has 38 heavy (non-hydrogen) atoms. The fraction of sp³-hybridized carbons (Fsp3) is 0.406. The lowest BCUT2D eigenvalue weighted by Gasteiger charge is -2.64. The monoisotopic (exact) mass is 509 g/mol. The Balaban J connectivity index is 1.37. The molecule has 0 radical (unpaired) electrons. The summed E-state index contributed by atoms with van der Waals surface area (Å²) in [6.45, 7) is 2.45. The number of primary amides is 1. The Kier molecular flexibility index (Phi) is 5.45. The van der Waals surface area contributed by atoms with Crippen LogP contribution in [0.15, 0.2) is 72.8 Å². The number of ether oxygens (including phenoxy) is 1. The molecule has 3 aromatic rings. The Morgan fingerprint density at radius 3 is 2.32 bits per heavy atom. The summed E-state index contributed by atoms with van der Waals surface area (Å²) in [5.41, 5.74) is 9.55. The predicted molar refractivity (Wildman–Crippen MR) is 146 cm³/mol. The smallest absolute Gasteiger partial charge is 0.252 e. The van der Waals surface area contributed by atoms with Crippen molar-refractivity contribution in [1.29, 1.82) is 0 Å². The predicted octanol–water partition coefficient (Wildman–Crippen LogP) is 3.64. The Morgan fingerprint density at radius 1 is 1.03 bits per heavy atom. The van der Waals surface area contributed by atoms with Crippen LogP contribution in [0.4, 0.5) is 0 Å². The van der Waals surface area contributed by atoms with E-state index in [4.69, 9.17) is 10.5 Å². The molecule has 6 heteroatoms. The number of hydrogen-bond donors (Lipinski definition) is 2. The van der Waals surface area contributed by atoms with Gasteiger partial charge in [0.05, 0.1) is 16.6 Å². The molecular formula is C32H35N3O3. The normalized spacial score (nSPS) is 31.1. The molecule has 4 aliphatic rings. The second kappa shape index (κ2) is 8.67. The highest BCUT2D eigenvalue weighted by Gasteiger charge is 2.73. The van der Waals surface area contributed by atoms with Gasteiger partial charge in [-0.05, 0) is 62.0 Å². The number of nitrogens with zero attached hydrogens (tertiary/aromatic N) is 2. The minimum Gasteiger partial charge on any atom is -0.487 e. The fourth-order valence-corrected chi connectivity index (χ4v) is 8.24. The van der Waals surface area contributed by atoms with Crippen LogP contribution < -0.4 is 10.5 Å². The number of piperidine rings is 1. The molecule has 3 N–H and O–H groups in total. The summed E-state index contributed by atoms with van der Waals surface area (Å²) in [6.07, 6.45) is 2.81. The molecule has 2 fully saturated rings. The average molecular weight is 510 g/mol. The molecule has 1 saturated carbocycles. The third kappa shape index (κ3) is 3.27. The summed E-state index contributed by atoms with van der Waals surface area (Å²) in [5, 5.41) is 12.6. The number of carbonyl (C=O) groups excluding carboxylic acids is 1. The highest BCUT2D eigenvalue weighted by Crippen LogP contribution is 2.65. The van der Waals surface area contributed by atoms with E-state index in [1.807, 2.05) is 12.1 Å². The van der Waals surface area contributed by atoms with Gasteiger partial charge < -0.3 is 20.5 Å². The minimum atomic E-state index is -0.916. The van der Waals surface area contributed by atoms with Gasteiger partial charge >= 0.3 is 0 Å². The molecular weight excluding hydrogens is 474 g/mol. The van der Waals surface area contributed by atoms with Gasteiger partial charge in [-0.2, -0.15) is 0 Å². The molecule has 2 aliphatic carbocycles. The quantitative estimate of drug-likeness (QED) is 0.531. The summed E-state index contributed by atoms with van der Waals surface area (Å²) < 4.78 is 6.92. The molecule has 1 amide bonds. The van der Waals surface area contributed by atoms with E-state index < -0.39 is 16.9 Å². The summed E-state index contributed by atoms with van der Waals surface area (Å²) in [4.78, 5) is 17.4. The van der Waals surface area contributed by atoms with Crippen LogP contribution in [0.5, 0.6) is 5.75 Å². The van der Waals surface area contributed by atoms with E-state index in [1.165, 1.54) is 16.7 Å². The van der Waals surface area contributed by atoms with Crippen molar-refractivity contribution in [2.24, 2.45) is 5.73 Å². The van der Waals surface area contributed by atoms with Crippen molar-refractivity contribution >= 4 is 5.91 Å². The van der Waals surface area contributed by atoms with Crippen LogP contribution >= 0.6 is 0 Å². The van der Waals surface area contributed by atoms with Gasteiger partial charge in [0.25, 0.3) is 5.91 Å². The van der Waals surface area contributed by atoms with Crippen LogP contribution in [0.25, 0.3) is 0 Å². The molecule has 5 atom stereocenters. The van der Waals surface area contributed by atoms with E-state index in [9.17, 15) is 9.90 Å². The van der Waals surface area contributed by atoms with Crippen LogP contribution in [0, 0.1) is 0 Å². The standard InChI is InChI=1S/C32H35N3O3/c1-34-17-16-31-27-23-12-13-24(30(33)36)28(27)38-29(31)25(14-15-32(31,37)26(34)18-23)35(19-21-8-4-2-5-9-21)20-22-10-6-3-7-11-22/h2-13,25-26,29,37H,14-20H2,1H3,(H2,33,36)/t25-,26-,29?,31+,32-/m1/s1. The molecule has 1 saturated heterocycles. The van der Waals surface area contributed by atoms with Gasteiger partial charge in [-0.25, -0.2) is 0 Å². The number of rotatable bonds is 6. The summed E-state index contributed by atoms with van der Waals surface area (Å²) >= 11 is 0. The van der Waals surface area contributed by atoms with Crippen molar-refractivity contribution in [3.63, 3.8) is 0 Å². The van der Waals surface area contributed by atoms with Gasteiger partial charge in [0.1, 0.15) is 11.9 Å². The molecule has 2 bridgehead atoms. The Hall–Kier alpha value is -3.19. The van der Waals surface area contributed by atoms with Crippen molar-refractivity contribution in [1.82, 2.24) is 9.80 Å². The first kappa shape index (κ1) is 23.9. The first-order chi connectivity index (χ1) is 18.4. The largest absolute Gasteiger partial charge is 0.487 e. The van der Waals surface area contributed by atoms with Crippen molar-refractivity contribution in [3.8, 4) is 5.75 Å². The lowest BCUT2D eigenvalue weighted by Crippen LogP contribution is -2.77. The van der Waals surface area contributed by atoms with Crippen molar-refractivity contribution in [2.45, 2.75) is 68.0 Å². The van der Waals surface area contributed by atoms with E-state index in [-0.39, 0.29) is 18.2 Å². The molecule has 6 nitrogen and oxygen atoms in total. The van der Waals surface area contributed by atoms with Crippen molar-refractivity contribution in [3.05, 3.63) is 101 Å². The molecule has 2 heterocycles. The van der Waals surface area contributed by atoms with Crippen LogP contribution in [-0.4, -0.2) is 58.2 Å². The van der Waals surface area contributed by atoms with Gasteiger partial charge in [-0.3, -0.25) is 9.69 Å². The highest BCUT2D eigenvalue weighted by atomic mass is 16.5. The molecule has 1 unspecified atom stereocenters. The van der Waals surface area contributed by atoms with E-state index >= 15 is 0 Å². The number of likely N-dealkylation sites (tertiary alicyclic amines) is 1. The van der Waals surface area contributed by atoms with Crippen LogP contribution in [0.3, 0.4) is 0 Å². The average Bonchev–Trinajstić information content (AvgIpc) is 3.27. The maximum absolute atomic E-state index is 12.6. The van der Waals surface area contributed by atoms with Crippen LogP contribution in [-0.2, 0) is 24.9 Å². The van der Waals surface area contributed by atoms with E-state index in [0.29, 0.717) is 17.7 Å². The summed E-state index contributed by atoms with van der Waals surface area (Å²) in [7, 11) is 2.13. The van der Waals surface area contributed by atoms with E-state index in [1.54, 1.807) is 0 Å². The maximum atomic E-state index is 12.6. The number of hydrogen-bond acceptors (Lipinski definition) is 5. The topological polar surface area (TPSA) is 79.0 Å². The Bertz CT molecular complexity index is 1340. The zero-order valence-electron chi connectivity index (χ0n) is 21.8. The summed E-state index contributed by atoms with van der Waals surface area (Å²) in [5.74, 6) is 0.145. The van der Waals surface area contributed by atoms with E-state index in [2.05, 4.69) is 77.5 Å². The number of carbonyl (C=O) groups is 1. The first-order valence-electron chi connectivity index (χ1n) is 13.8. The maximum Gasteiger partial charge on any atom is 0.252 e. The zero-order valence-corrected chi connectivity index (χ0v) is 21.8. The zero-order chi connectivity index (χ0) is 26.1. The minimum absolute atomic E-state index is 0.0258. The third-order valence-electron chi connectivity index (χ3n) is 9.91. The third-order valence-corrected chi connectivity index (χ3v) is 9.91. The van der Waals surface area contributed by atoms with Gasteiger partial charge in [0, 0.05) is 30.7 Å². The molecule has 3 aromatic carbocycles. The molecule has 2 aliphatic heterocycles. The second-order valence-electron chi connectivity index (χ2n) is 11.7. The molecule has 196 valence electrons. The van der Waals surface area contributed by atoms with Crippen LogP contribution in [0.2, 0.25) is 0 Å². The fourth-order valence-electron chi connectivity index (χ4n) is 8.24. The van der Waals surface area contributed by atoms with Gasteiger partial charge in [-0.15, -0.1) is 0 Å². The number of aliphatic hydroxyl groups is 1. The van der Waals surface area contributed by atoms with Crippen molar-refractivity contribution < 1.29 is 14.6 Å². The second-order valence-corrected chi connectivity index (χ2v) is 11.7. The molecule has 0 aromatic heterocycles. The van der Waals surface area contributed by atoms with Crippen LogP contribution in [0.1, 0.15) is 51.9 Å². The number of likely N-dealkylation sites (N-methyl/N-ethyl adjacent to an activating group) is 1. The number of amides is 1. The van der Waals surface area contributed by atoms with E-state index in [0.717, 1.165) is 44.5 Å². The SMILES string of the molecule is CN1CC[C@]23c4c5ccc(C(N)=O)c4OC2[C@H](N(Cc2ccccc2)Cc2ccccc2)CC[C@@]3(O)[C@H]1C5. The number of benzene rings is 3. The Labute approximate surface area is 224 Å². The molecule has 7 rings (SSSR count). The molecule has 1 spiro atoms. The number of nitrogens with two attached hydrogens (primary N) is 1. The van der Waals surface area contributed by atoms with Crippen molar-refractivity contribution in [2.75, 3.05) is 13.6 Å². The van der Waals surface area contributed by atoms with Gasteiger partial charge in [-0.1, -0.05) is 66.7 Å². The summed E-state index contributed by atoms with van der Waals surface area (Å²) in [6, 6.07) is 25.1. The first-order valence-corrected chi connectivity index (χ1v) is 13.8. The van der Waals surface area contributed by atoms with Gasteiger partial charge in [0.15, 0.2) is 0 Å². The lowest BCUT2D eigenvalue weighted by atomic mass is 9.48. The highest BCUT2D eigenvalue weighted by molar-refractivity contribution is 5.97. The van der Waals surface area contributed by atoms with Gasteiger partial charge in [0.2, 0.25) is 0 Å². The lowest BCUT2D eigenvalue weighted by molar-refractivity contribution is -0.197.